The fraction of sp³-hybridized carbons (Fsp3) is 0.143. The van der Waals surface area contributed by atoms with Crippen LogP contribution in [-0.4, -0.2) is 17.0 Å². The Morgan fingerprint density at radius 3 is 2.62 bits per heavy atom. The summed E-state index contributed by atoms with van der Waals surface area (Å²) in [6.07, 6.45) is 0.665. The average molecular weight is 328 g/mol. The van der Waals surface area contributed by atoms with Gasteiger partial charge < -0.3 is 10.4 Å². The summed E-state index contributed by atoms with van der Waals surface area (Å²) in [7, 11) is 0. The number of halogens is 2. The summed E-state index contributed by atoms with van der Waals surface area (Å²) in [5.41, 5.74) is 0.115. The highest BCUT2D eigenvalue weighted by Crippen LogP contribution is 2.29. The standard InChI is InChI=1S/C14H11ClFNO3S/c1-2-8-6-10(14(19)20)13(21-8)17-12(18)9-4-3-7(16)5-11(9)15/h3-6H,2H2,1H3,(H,17,18)(H,19,20). The minimum Gasteiger partial charge on any atom is -0.478 e. The van der Waals surface area contributed by atoms with Gasteiger partial charge in [0.25, 0.3) is 5.91 Å². The van der Waals surface area contributed by atoms with Gasteiger partial charge in [0.15, 0.2) is 0 Å². The average Bonchev–Trinajstić information content (AvgIpc) is 2.81. The molecule has 2 aromatic rings. The van der Waals surface area contributed by atoms with Gasteiger partial charge in [0, 0.05) is 4.88 Å². The first-order valence-corrected chi connectivity index (χ1v) is 7.24. The molecule has 0 spiro atoms. The van der Waals surface area contributed by atoms with E-state index in [9.17, 15) is 14.0 Å². The van der Waals surface area contributed by atoms with E-state index < -0.39 is 17.7 Å². The van der Waals surface area contributed by atoms with Gasteiger partial charge in [0.1, 0.15) is 10.8 Å². The van der Waals surface area contributed by atoms with Gasteiger partial charge in [-0.1, -0.05) is 18.5 Å². The third kappa shape index (κ3) is 3.40. The topological polar surface area (TPSA) is 66.4 Å². The van der Waals surface area contributed by atoms with E-state index in [1.165, 1.54) is 23.5 Å². The lowest BCUT2D eigenvalue weighted by Gasteiger charge is -2.06. The number of aromatic carboxylic acids is 1. The van der Waals surface area contributed by atoms with E-state index in [1.54, 1.807) is 0 Å². The number of carbonyl (C=O) groups is 2. The molecule has 0 aliphatic rings. The molecule has 1 aromatic heterocycles. The van der Waals surface area contributed by atoms with Crippen molar-refractivity contribution < 1.29 is 19.1 Å². The summed E-state index contributed by atoms with van der Waals surface area (Å²) in [5, 5.41) is 11.9. The summed E-state index contributed by atoms with van der Waals surface area (Å²) in [4.78, 5) is 24.1. The normalized spacial score (nSPS) is 10.4. The summed E-state index contributed by atoms with van der Waals surface area (Å²) in [5.74, 6) is -2.24. The van der Waals surface area contributed by atoms with Gasteiger partial charge in [-0.15, -0.1) is 11.3 Å². The fourth-order valence-electron chi connectivity index (χ4n) is 1.71. The second-order valence-electron chi connectivity index (χ2n) is 4.19. The maximum atomic E-state index is 13.0. The van der Waals surface area contributed by atoms with Crippen molar-refractivity contribution in [1.29, 1.82) is 0 Å². The number of nitrogens with one attached hydrogen (secondary N) is 1. The van der Waals surface area contributed by atoms with Crippen molar-refractivity contribution in [2.75, 3.05) is 5.32 Å². The maximum Gasteiger partial charge on any atom is 0.338 e. The predicted molar refractivity (Wildman–Crippen MR) is 80.0 cm³/mol. The van der Waals surface area contributed by atoms with Crippen molar-refractivity contribution >= 4 is 39.8 Å². The Morgan fingerprint density at radius 1 is 1.33 bits per heavy atom. The van der Waals surface area contributed by atoms with Gasteiger partial charge in [0.2, 0.25) is 0 Å². The number of benzene rings is 1. The molecule has 0 atom stereocenters. The molecule has 0 aliphatic carbocycles. The lowest BCUT2D eigenvalue weighted by atomic mass is 10.2. The molecule has 110 valence electrons. The molecule has 21 heavy (non-hydrogen) atoms. The number of carboxylic acids is 1. The highest BCUT2D eigenvalue weighted by Gasteiger charge is 2.18. The highest BCUT2D eigenvalue weighted by atomic mass is 35.5. The molecule has 4 nitrogen and oxygen atoms in total. The number of amides is 1. The van der Waals surface area contributed by atoms with E-state index in [2.05, 4.69) is 5.32 Å². The first-order chi connectivity index (χ1) is 9.92. The Balaban J connectivity index is 2.31. The summed E-state index contributed by atoms with van der Waals surface area (Å²) < 4.78 is 13.0. The number of carboxylic acid groups (broad SMARTS) is 1. The second kappa shape index (κ2) is 6.24. The van der Waals surface area contributed by atoms with E-state index >= 15 is 0 Å². The summed E-state index contributed by atoms with van der Waals surface area (Å²) in [6, 6.07) is 4.92. The van der Waals surface area contributed by atoms with Crippen LogP contribution in [0.2, 0.25) is 5.02 Å². The smallest absolute Gasteiger partial charge is 0.338 e. The zero-order valence-corrected chi connectivity index (χ0v) is 12.5. The van der Waals surface area contributed by atoms with Crippen LogP contribution >= 0.6 is 22.9 Å². The molecule has 0 saturated carbocycles. The Hall–Kier alpha value is -1.92. The number of thiophene rings is 1. The molecule has 0 radical (unpaired) electrons. The molecule has 7 heteroatoms. The highest BCUT2D eigenvalue weighted by molar-refractivity contribution is 7.16. The van der Waals surface area contributed by atoms with Gasteiger partial charge in [-0.3, -0.25) is 4.79 Å². The van der Waals surface area contributed by atoms with E-state index in [1.807, 2.05) is 6.92 Å². The van der Waals surface area contributed by atoms with Crippen LogP contribution in [0.15, 0.2) is 24.3 Å². The number of hydrogen-bond acceptors (Lipinski definition) is 3. The van der Waals surface area contributed by atoms with E-state index in [0.717, 1.165) is 17.0 Å². The van der Waals surface area contributed by atoms with Crippen molar-refractivity contribution in [1.82, 2.24) is 0 Å². The molecule has 0 fully saturated rings. The van der Waals surface area contributed by atoms with Crippen molar-refractivity contribution in [3.8, 4) is 0 Å². The molecule has 2 N–H and O–H groups in total. The summed E-state index contributed by atoms with van der Waals surface area (Å²) >= 11 is 7.00. The third-order valence-electron chi connectivity index (χ3n) is 2.76. The monoisotopic (exact) mass is 327 g/mol. The van der Waals surface area contributed by atoms with Gasteiger partial charge in [-0.05, 0) is 30.7 Å². The van der Waals surface area contributed by atoms with Crippen LogP contribution in [0.4, 0.5) is 9.39 Å². The molecule has 0 aliphatic heterocycles. The third-order valence-corrected chi connectivity index (χ3v) is 4.27. The van der Waals surface area contributed by atoms with Gasteiger partial charge in [-0.25, -0.2) is 9.18 Å². The van der Waals surface area contributed by atoms with Crippen molar-refractivity contribution in [3.05, 3.63) is 51.1 Å². The van der Waals surface area contributed by atoms with E-state index in [-0.39, 0.29) is 21.2 Å². The minimum absolute atomic E-state index is 0.0309. The Labute approximate surface area is 129 Å². The van der Waals surface area contributed by atoms with Crippen molar-refractivity contribution in [3.63, 3.8) is 0 Å². The molecule has 1 amide bonds. The first-order valence-electron chi connectivity index (χ1n) is 6.04. The predicted octanol–water partition coefficient (Wildman–Crippen LogP) is 4.05. The number of aryl methyl sites for hydroxylation is 1. The van der Waals surface area contributed by atoms with Crippen LogP contribution in [0.25, 0.3) is 0 Å². The van der Waals surface area contributed by atoms with Crippen LogP contribution < -0.4 is 5.32 Å². The van der Waals surface area contributed by atoms with Crippen molar-refractivity contribution in [2.45, 2.75) is 13.3 Å². The molecule has 2 rings (SSSR count). The largest absolute Gasteiger partial charge is 0.478 e. The van der Waals surface area contributed by atoms with Crippen LogP contribution in [0.3, 0.4) is 0 Å². The molecular weight excluding hydrogens is 317 g/mol. The summed E-state index contributed by atoms with van der Waals surface area (Å²) in [6.45, 7) is 1.89. The molecular formula is C14H11ClFNO3S. The molecule has 0 unspecified atom stereocenters. The molecule has 0 bridgehead atoms. The number of rotatable bonds is 4. The van der Waals surface area contributed by atoms with Crippen LogP contribution in [0, 0.1) is 5.82 Å². The number of anilines is 1. The zero-order valence-electron chi connectivity index (χ0n) is 10.9. The lowest BCUT2D eigenvalue weighted by Crippen LogP contribution is -2.13. The van der Waals surface area contributed by atoms with E-state index in [4.69, 9.17) is 16.7 Å². The second-order valence-corrected chi connectivity index (χ2v) is 5.74. The Bertz CT molecular complexity index is 714. The fourth-order valence-corrected chi connectivity index (χ4v) is 2.95. The van der Waals surface area contributed by atoms with Gasteiger partial charge in [-0.2, -0.15) is 0 Å². The minimum atomic E-state index is -1.12. The number of carbonyl (C=O) groups excluding carboxylic acids is 1. The van der Waals surface area contributed by atoms with Gasteiger partial charge >= 0.3 is 5.97 Å². The Kier molecular flexibility index (Phi) is 4.59. The quantitative estimate of drug-likeness (QED) is 0.890. The number of hydrogen-bond donors (Lipinski definition) is 2. The molecule has 1 aromatic carbocycles. The van der Waals surface area contributed by atoms with E-state index in [0.29, 0.717) is 6.42 Å². The van der Waals surface area contributed by atoms with Gasteiger partial charge in [0.05, 0.1) is 16.1 Å². The zero-order chi connectivity index (χ0) is 15.6. The van der Waals surface area contributed by atoms with Crippen LogP contribution in [-0.2, 0) is 6.42 Å². The van der Waals surface area contributed by atoms with Crippen molar-refractivity contribution in [2.24, 2.45) is 0 Å². The molecule has 1 heterocycles. The lowest BCUT2D eigenvalue weighted by molar-refractivity contribution is 0.0698. The first kappa shape index (κ1) is 15.5. The van der Waals surface area contributed by atoms with Crippen LogP contribution in [0.1, 0.15) is 32.5 Å². The van der Waals surface area contributed by atoms with Crippen LogP contribution in [0.5, 0.6) is 0 Å². The SMILES string of the molecule is CCc1cc(C(=O)O)c(NC(=O)c2ccc(F)cc2Cl)s1. The molecule has 0 saturated heterocycles. The maximum absolute atomic E-state index is 13.0. The Morgan fingerprint density at radius 2 is 2.05 bits per heavy atom.